The van der Waals surface area contributed by atoms with E-state index in [0.717, 1.165) is 24.0 Å². The number of ether oxygens (including phenoxy) is 2. The summed E-state index contributed by atoms with van der Waals surface area (Å²) >= 11 is 0. The zero-order valence-corrected chi connectivity index (χ0v) is 13.4. The zero-order chi connectivity index (χ0) is 14.9. The second-order valence-corrected chi connectivity index (χ2v) is 5.99. The molecule has 0 aliphatic heterocycles. The fraction of sp³-hybridized carbons (Fsp3) is 0.667. The van der Waals surface area contributed by atoms with Crippen LogP contribution in [0, 0.1) is 5.92 Å². The van der Waals surface area contributed by atoms with E-state index in [0.29, 0.717) is 12.6 Å². The van der Waals surface area contributed by atoms with Gasteiger partial charge in [-0.25, -0.2) is 0 Å². The van der Waals surface area contributed by atoms with Crippen LogP contribution in [0.4, 0.5) is 0 Å². The lowest BCUT2D eigenvalue weighted by molar-refractivity contribution is 0.269. The van der Waals surface area contributed by atoms with Crippen molar-refractivity contribution in [3.63, 3.8) is 0 Å². The summed E-state index contributed by atoms with van der Waals surface area (Å²) in [6.45, 7) is 3.88. The minimum atomic E-state index is 0.587. The molecule has 1 N–H and O–H groups in total. The van der Waals surface area contributed by atoms with Crippen molar-refractivity contribution in [3.8, 4) is 11.5 Å². The Morgan fingerprint density at radius 1 is 1.10 bits per heavy atom. The number of methoxy groups -OCH3 is 1. The van der Waals surface area contributed by atoms with E-state index >= 15 is 0 Å². The number of benzene rings is 1. The van der Waals surface area contributed by atoms with Crippen molar-refractivity contribution in [1.29, 1.82) is 0 Å². The molecule has 1 saturated carbocycles. The molecule has 0 unspecified atom stereocenters. The van der Waals surface area contributed by atoms with Crippen molar-refractivity contribution in [2.24, 2.45) is 5.92 Å². The Morgan fingerprint density at radius 2 is 1.76 bits per heavy atom. The Morgan fingerprint density at radius 3 is 2.43 bits per heavy atom. The lowest BCUT2D eigenvalue weighted by atomic mass is 9.93. The molecule has 0 spiro atoms. The summed E-state index contributed by atoms with van der Waals surface area (Å²) in [5, 5.41) is 3.62. The molecular weight excluding hydrogens is 262 g/mol. The zero-order valence-electron chi connectivity index (χ0n) is 13.4. The molecule has 21 heavy (non-hydrogen) atoms. The van der Waals surface area contributed by atoms with Gasteiger partial charge in [0.2, 0.25) is 0 Å². The predicted octanol–water partition coefficient (Wildman–Crippen LogP) is 4.02. The maximum atomic E-state index is 5.80. The van der Waals surface area contributed by atoms with E-state index in [4.69, 9.17) is 9.47 Å². The largest absolute Gasteiger partial charge is 0.493 e. The van der Waals surface area contributed by atoms with E-state index in [1.165, 1.54) is 38.5 Å². The summed E-state index contributed by atoms with van der Waals surface area (Å²) in [7, 11) is 1.68. The monoisotopic (exact) mass is 291 g/mol. The quantitative estimate of drug-likeness (QED) is 0.608. The van der Waals surface area contributed by atoms with E-state index in [-0.39, 0.29) is 0 Å². The molecule has 1 aromatic carbocycles. The third kappa shape index (κ3) is 5.24. The van der Waals surface area contributed by atoms with Crippen molar-refractivity contribution in [2.45, 2.75) is 51.5 Å². The van der Waals surface area contributed by atoms with Crippen LogP contribution in [0.3, 0.4) is 0 Å². The number of rotatable bonds is 7. The van der Waals surface area contributed by atoms with Crippen LogP contribution in [0.1, 0.15) is 45.4 Å². The van der Waals surface area contributed by atoms with Crippen LogP contribution >= 0.6 is 0 Å². The van der Waals surface area contributed by atoms with Crippen LogP contribution in [0.15, 0.2) is 24.3 Å². The third-order valence-corrected chi connectivity index (χ3v) is 4.50. The standard InChI is InChI=1S/C18H29NO2/c1-15(16-9-5-3-4-6-10-16)19-13-14-21-18-12-8-7-11-17(18)20-2/h7-8,11-12,15-16,19H,3-6,9-10,13-14H2,1-2H3/t15-/m0/s1. The third-order valence-electron chi connectivity index (χ3n) is 4.50. The molecule has 0 aromatic heterocycles. The first-order chi connectivity index (χ1) is 10.3. The lowest BCUT2D eigenvalue weighted by Crippen LogP contribution is -2.36. The second-order valence-electron chi connectivity index (χ2n) is 5.99. The van der Waals surface area contributed by atoms with Crippen LogP contribution in [-0.4, -0.2) is 26.3 Å². The topological polar surface area (TPSA) is 30.5 Å². The summed E-state index contributed by atoms with van der Waals surface area (Å²) in [6, 6.07) is 8.39. The number of para-hydroxylation sites is 2. The van der Waals surface area contributed by atoms with Crippen molar-refractivity contribution in [2.75, 3.05) is 20.3 Å². The number of hydrogen-bond acceptors (Lipinski definition) is 3. The Bertz CT molecular complexity index is 400. The van der Waals surface area contributed by atoms with E-state index in [1.54, 1.807) is 7.11 Å². The fourth-order valence-electron chi connectivity index (χ4n) is 3.16. The molecule has 2 rings (SSSR count). The number of hydrogen-bond donors (Lipinski definition) is 1. The molecule has 1 atom stereocenters. The molecule has 118 valence electrons. The molecule has 0 bridgehead atoms. The highest BCUT2D eigenvalue weighted by atomic mass is 16.5. The molecule has 1 aliphatic rings. The first-order valence-electron chi connectivity index (χ1n) is 8.30. The maximum Gasteiger partial charge on any atom is 0.161 e. The first kappa shape index (κ1) is 16.2. The minimum Gasteiger partial charge on any atom is -0.493 e. The van der Waals surface area contributed by atoms with Crippen LogP contribution in [0.2, 0.25) is 0 Å². The molecule has 3 nitrogen and oxygen atoms in total. The Labute approximate surface area is 129 Å². The molecule has 1 fully saturated rings. The Balaban J connectivity index is 1.69. The molecule has 3 heteroatoms. The van der Waals surface area contributed by atoms with Crippen molar-refractivity contribution >= 4 is 0 Å². The molecular formula is C18H29NO2. The van der Waals surface area contributed by atoms with Gasteiger partial charge in [-0.2, -0.15) is 0 Å². The van der Waals surface area contributed by atoms with Gasteiger partial charge in [-0.1, -0.05) is 37.8 Å². The van der Waals surface area contributed by atoms with E-state index in [1.807, 2.05) is 24.3 Å². The highest BCUT2D eigenvalue weighted by Gasteiger charge is 2.18. The van der Waals surface area contributed by atoms with Crippen LogP contribution < -0.4 is 14.8 Å². The van der Waals surface area contributed by atoms with Gasteiger partial charge in [-0.05, 0) is 37.8 Å². The van der Waals surface area contributed by atoms with Gasteiger partial charge in [-0.3, -0.25) is 0 Å². The molecule has 1 aromatic rings. The summed E-state index contributed by atoms with van der Waals surface area (Å²) in [5.74, 6) is 2.46. The second kappa shape index (κ2) is 8.93. The highest BCUT2D eigenvalue weighted by molar-refractivity contribution is 5.39. The van der Waals surface area contributed by atoms with Crippen LogP contribution in [0.5, 0.6) is 11.5 Å². The van der Waals surface area contributed by atoms with Crippen LogP contribution in [0.25, 0.3) is 0 Å². The van der Waals surface area contributed by atoms with E-state index in [2.05, 4.69) is 12.2 Å². The normalized spacial score (nSPS) is 18.0. The predicted molar refractivity (Wildman–Crippen MR) is 87.1 cm³/mol. The van der Waals surface area contributed by atoms with Gasteiger partial charge < -0.3 is 14.8 Å². The van der Waals surface area contributed by atoms with Gasteiger partial charge in [0.05, 0.1) is 7.11 Å². The molecule has 1 aliphatic carbocycles. The average molecular weight is 291 g/mol. The van der Waals surface area contributed by atoms with Gasteiger partial charge in [-0.15, -0.1) is 0 Å². The smallest absolute Gasteiger partial charge is 0.161 e. The van der Waals surface area contributed by atoms with Crippen molar-refractivity contribution in [1.82, 2.24) is 5.32 Å². The van der Waals surface area contributed by atoms with Gasteiger partial charge in [0.25, 0.3) is 0 Å². The highest BCUT2D eigenvalue weighted by Crippen LogP contribution is 2.26. The van der Waals surface area contributed by atoms with Gasteiger partial charge in [0.1, 0.15) is 6.61 Å². The van der Waals surface area contributed by atoms with Gasteiger partial charge in [0, 0.05) is 12.6 Å². The van der Waals surface area contributed by atoms with E-state index in [9.17, 15) is 0 Å². The van der Waals surface area contributed by atoms with Crippen molar-refractivity contribution in [3.05, 3.63) is 24.3 Å². The van der Waals surface area contributed by atoms with Crippen LogP contribution in [-0.2, 0) is 0 Å². The van der Waals surface area contributed by atoms with Gasteiger partial charge >= 0.3 is 0 Å². The Hall–Kier alpha value is -1.22. The average Bonchev–Trinajstić information content (AvgIpc) is 2.81. The minimum absolute atomic E-state index is 0.587. The SMILES string of the molecule is COc1ccccc1OCCN[C@@H](C)C1CCCCCC1. The van der Waals surface area contributed by atoms with Crippen molar-refractivity contribution < 1.29 is 9.47 Å². The summed E-state index contributed by atoms with van der Waals surface area (Å²) < 4.78 is 11.1. The fourth-order valence-corrected chi connectivity index (χ4v) is 3.16. The first-order valence-corrected chi connectivity index (χ1v) is 8.30. The summed E-state index contributed by atoms with van der Waals surface area (Å²) in [4.78, 5) is 0. The number of nitrogens with one attached hydrogen (secondary N) is 1. The lowest BCUT2D eigenvalue weighted by Gasteiger charge is -2.23. The summed E-state index contributed by atoms with van der Waals surface area (Å²) in [5.41, 5.74) is 0. The molecule has 0 radical (unpaired) electrons. The molecule has 0 heterocycles. The summed E-state index contributed by atoms with van der Waals surface area (Å²) in [6.07, 6.45) is 8.38. The van der Waals surface area contributed by atoms with Gasteiger partial charge in [0.15, 0.2) is 11.5 Å². The molecule has 0 saturated heterocycles. The maximum absolute atomic E-state index is 5.80. The van der Waals surface area contributed by atoms with E-state index < -0.39 is 0 Å². The molecule has 0 amide bonds. The Kier molecular flexibility index (Phi) is 6.87.